The van der Waals surface area contributed by atoms with Crippen LogP contribution >= 0.6 is 0 Å². The van der Waals surface area contributed by atoms with E-state index in [4.69, 9.17) is 14.2 Å². The molecule has 1 aliphatic carbocycles. The maximum Gasteiger partial charge on any atom is 0.335 e. The number of hydrogen-bond acceptors (Lipinski definition) is 5. The molecule has 0 amide bonds. The number of carbonyl (C=O) groups is 1. The fourth-order valence-electron chi connectivity index (χ4n) is 5.03. The first-order valence-corrected chi connectivity index (χ1v) is 12.8. The number of carbonyl (C=O) groups excluding carboxylic acids is 1. The standard InChI is InChI=1S/C31H37NO4/c1-5-35-31(33)29(34-4)21-23-11-15-26(16-12-23)36-19-18-32(3)30-27-9-7-6-8-24(27)13-14-25-20-22(2)10-17-28(25)30/h6-12,15-17,20,29-30H,5,13-14,18-19,21H2,1-4H3. The number of rotatable bonds is 10. The second-order valence-corrected chi connectivity index (χ2v) is 9.46. The zero-order chi connectivity index (χ0) is 25.5. The van der Waals surface area contributed by atoms with Crippen molar-refractivity contribution >= 4 is 5.97 Å². The minimum absolute atomic E-state index is 0.208. The molecule has 3 aromatic carbocycles. The van der Waals surface area contributed by atoms with E-state index in [9.17, 15) is 4.79 Å². The summed E-state index contributed by atoms with van der Waals surface area (Å²) in [4.78, 5) is 14.4. The number of nitrogens with zero attached hydrogens (tertiary/aromatic N) is 1. The van der Waals surface area contributed by atoms with Crippen LogP contribution in [0.15, 0.2) is 66.7 Å². The zero-order valence-corrected chi connectivity index (χ0v) is 21.8. The lowest BCUT2D eigenvalue weighted by Gasteiger charge is -2.30. The van der Waals surface area contributed by atoms with Crippen LogP contribution in [-0.4, -0.2) is 50.9 Å². The molecule has 2 unspecified atom stereocenters. The SMILES string of the molecule is CCOC(=O)C(Cc1ccc(OCCN(C)C2c3ccccc3CCc3cc(C)ccc32)cc1)OC. The van der Waals surface area contributed by atoms with Crippen LogP contribution in [-0.2, 0) is 33.5 Å². The van der Waals surface area contributed by atoms with E-state index < -0.39 is 6.10 Å². The lowest BCUT2D eigenvalue weighted by atomic mass is 9.92. The van der Waals surface area contributed by atoms with Crippen molar-refractivity contribution in [3.05, 3.63) is 100 Å². The smallest absolute Gasteiger partial charge is 0.335 e. The van der Waals surface area contributed by atoms with Gasteiger partial charge < -0.3 is 14.2 Å². The summed E-state index contributed by atoms with van der Waals surface area (Å²) >= 11 is 0. The number of ether oxygens (including phenoxy) is 3. The van der Waals surface area contributed by atoms with Gasteiger partial charge >= 0.3 is 5.97 Å². The van der Waals surface area contributed by atoms with Crippen molar-refractivity contribution in [2.45, 2.75) is 45.3 Å². The highest BCUT2D eigenvalue weighted by Crippen LogP contribution is 2.36. The summed E-state index contributed by atoms with van der Waals surface area (Å²) in [7, 11) is 3.71. The van der Waals surface area contributed by atoms with Crippen LogP contribution in [0.2, 0.25) is 0 Å². The first-order valence-electron chi connectivity index (χ1n) is 12.8. The number of benzene rings is 3. The van der Waals surface area contributed by atoms with E-state index in [1.807, 2.05) is 24.3 Å². The summed E-state index contributed by atoms with van der Waals surface area (Å²) in [6.07, 6.45) is 2.01. The highest BCUT2D eigenvalue weighted by molar-refractivity contribution is 5.75. The molecule has 5 heteroatoms. The van der Waals surface area contributed by atoms with Crippen molar-refractivity contribution in [3.8, 4) is 5.75 Å². The van der Waals surface area contributed by atoms with Gasteiger partial charge in [-0.3, -0.25) is 4.90 Å². The van der Waals surface area contributed by atoms with E-state index in [1.54, 1.807) is 6.92 Å². The molecule has 0 heterocycles. The van der Waals surface area contributed by atoms with Crippen LogP contribution in [0.5, 0.6) is 5.75 Å². The van der Waals surface area contributed by atoms with Crippen LogP contribution in [0.4, 0.5) is 0 Å². The van der Waals surface area contributed by atoms with E-state index in [0.717, 1.165) is 30.7 Å². The van der Waals surface area contributed by atoms with Gasteiger partial charge in [0.05, 0.1) is 12.6 Å². The van der Waals surface area contributed by atoms with Gasteiger partial charge in [0.25, 0.3) is 0 Å². The summed E-state index contributed by atoms with van der Waals surface area (Å²) in [5.74, 6) is 0.481. The van der Waals surface area contributed by atoms with Gasteiger partial charge in [0.2, 0.25) is 0 Å². The van der Waals surface area contributed by atoms with Crippen LogP contribution in [0.25, 0.3) is 0 Å². The summed E-state index contributed by atoms with van der Waals surface area (Å²) in [5.41, 5.74) is 7.97. The molecule has 0 spiro atoms. The van der Waals surface area contributed by atoms with E-state index in [0.29, 0.717) is 19.6 Å². The summed E-state index contributed by atoms with van der Waals surface area (Å²) in [6, 6.07) is 23.8. The molecule has 1 aliphatic rings. The molecule has 190 valence electrons. The number of aryl methyl sites for hydroxylation is 3. The van der Waals surface area contributed by atoms with Crippen molar-refractivity contribution in [1.29, 1.82) is 0 Å². The largest absolute Gasteiger partial charge is 0.492 e. The average Bonchev–Trinajstić information content (AvgIpc) is 3.04. The minimum atomic E-state index is -0.598. The Morgan fingerprint density at radius 3 is 2.47 bits per heavy atom. The van der Waals surface area contributed by atoms with Gasteiger partial charge in [-0.05, 0) is 73.7 Å². The minimum Gasteiger partial charge on any atom is -0.492 e. The van der Waals surface area contributed by atoms with Gasteiger partial charge in [0.15, 0.2) is 6.10 Å². The lowest BCUT2D eigenvalue weighted by molar-refractivity contribution is -0.154. The Hall–Kier alpha value is -3.15. The van der Waals surface area contributed by atoms with Gasteiger partial charge in [-0.2, -0.15) is 0 Å². The molecule has 36 heavy (non-hydrogen) atoms. The summed E-state index contributed by atoms with van der Waals surface area (Å²) < 4.78 is 16.5. The van der Waals surface area contributed by atoms with Crippen LogP contribution in [0.3, 0.4) is 0 Å². The van der Waals surface area contributed by atoms with Crippen molar-refractivity contribution in [3.63, 3.8) is 0 Å². The molecule has 0 aliphatic heterocycles. The molecule has 2 atom stereocenters. The number of fused-ring (bicyclic) bond motifs is 2. The normalized spacial score (nSPS) is 15.5. The van der Waals surface area contributed by atoms with Crippen LogP contribution in [0, 0.1) is 6.92 Å². The Bertz CT molecular complexity index is 1160. The molecule has 5 nitrogen and oxygen atoms in total. The van der Waals surface area contributed by atoms with Gasteiger partial charge in [0, 0.05) is 20.1 Å². The fraction of sp³-hybridized carbons (Fsp3) is 0.387. The highest BCUT2D eigenvalue weighted by atomic mass is 16.6. The van der Waals surface area contributed by atoms with Gasteiger partial charge in [-0.25, -0.2) is 4.79 Å². The van der Waals surface area contributed by atoms with Crippen LogP contribution < -0.4 is 4.74 Å². The maximum absolute atomic E-state index is 12.0. The molecule has 0 bridgehead atoms. The van der Waals surface area contributed by atoms with E-state index >= 15 is 0 Å². The molecule has 0 N–H and O–H groups in total. The van der Waals surface area contributed by atoms with Gasteiger partial charge in [-0.1, -0.05) is 60.2 Å². The van der Waals surface area contributed by atoms with Gasteiger partial charge in [-0.15, -0.1) is 0 Å². The number of esters is 1. The van der Waals surface area contributed by atoms with Crippen molar-refractivity contribution < 1.29 is 19.0 Å². The second-order valence-electron chi connectivity index (χ2n) is 9.46. The third-order valence-electron chi connectivity index (χ3n) is 6.94. The first-order chi connectivity index (χ1) is 17.5. The molecule has 0 radical (unpaired) electrons. The lowest BCUT2D eigenvalue weighted by Crippen LogP contribution is -2.30. The summed E-state index contributed by atoms with van der Waals surface area (Å²) in [5, 5.41) is 0. The van der Waals surface area contributed by atoms with Crippen molar-refractivity contribution in [2.24, 2.45) is 0 Å². The number of methoxy groups -OCH3 is 1. The predicted octanol–water partition coefficient (Wildman–Crippen LogP) is 5.31. The molecule has 0 aromatic heterocycles. The highest BCUT2D eigenvalue weighted by Gasteiger charge is 2.26. The third-order valence-corrected chi connectivity index (χ3v) is 6.94. The quantitative estimate of drug-likeness (QED) is 0.363. The van der Waals surface area contributed by atoms with E-state index in [1.165, 1.54) is 34.9 Å². The third kappa shape index (κ3) is 6.15. The zero-order valence-electron chi connectivity index (χ0n) is 21.8. The molecule has 0 saturated carbocycles. The number of likely N-dealkylation sites (N-methyl/N-ethyl adjacent to an activating group) is 1. The monoisotopic (exact) mass is 487 g/mol. The van der Waals surface area contributed by atoms with Crippen molar-refractivity contribution in [1.82, 2.24) is 4.90 Å². The Labute approximate surface area is 215 Å². The molecule has 0 saturated heterocycles. The molecule has 0 fully saturated rings. The Kier molecular flexibility index (Phi) is 8.79. The summed E-state index contributed by atoms with van der Waals surface area (Å²) in [6.45, 7) is 5.68. The molecular weight excluding hydrogens is 450 g/mol. The Balaban J connectivity index is 1.40. The number of hydrogen-bond donors (Lipinski definition) is 0. The van der Waals surface area contributed by atoms with Crippen molar-refractivity contribution in [2.75, 3.05) is 33.9 Å². The van der Waals surface area contributed by atoms with E-state index in [-0.39, 0.29) is 12.0 Å². The fourth-order valence-corrected chi connectivity index (χ4v) is 5.03. The molecular formula is C31H37NO4. The Morgan fingerprint density at radius 2 is 1.72 bits per heavy atom. The second kappa shape index (κ2) is 12.2. The van der Waals surface area contributed by atoms with E-state index in [2.05, 4.69) is 61.3 Å². The molecule has 4 rings (SSSR count). The Morgan fingerprint density at radius 1 is 1.00 bits per heavy atom. The van der Waals surface area contributed by atoms with Crippen LogP contribution in [0.1, 0.15) is 46.3 Å². The average molecular weight is 488 g/mol. The maximum atomic E-state index is 12.0. The predicted molar refractivity (Wildman–Crippen MR) is 143 cm³/mol. The van der Waals surface area contributed by atoms with Gasteiger partial charge in [0.1, 0.15) is 12.4 Å². The topological polar surface area (TPSA) is 48.0 Å². The first kappa shape index (κ1) is 25.9. The molecule has 3 aromatic rings.